The molecule has 1 radical (unpaired) electrons. The Balaban J connectivity index is 0.000000190. The number of hydrogen-bond acceptors (Lipinski definition) is 22. The van der Waals surface area contributed by atoms with Crippen molar-refractivity contribution in [3.63, 3.8) is 0 Å². The number of amides is 2. The third-order valence-corrected chi connectivity index (χ3v) is 20.8. The smallest absolute Gasteiger partial charge is 0.308 e. The largest absolute Gasteiger partial charge is 0.504 e. The summed E-state index contributed by atoms with van der Waals surface area (Å²) in [4.78, 5) is 68.5. The number of ether oxygens (including phenoxy) is 8. The molecular weight excluding hydrogens is 1380 g/mol. The number of likely N-dealkylation sites (N-methyl/N-ethyl adjacent to an activating group) is 2. The molecule has 8 aliphatic rings. The maximum atomic E-state index is 13.4. The van der Waals surface area contributed by atoms with Gasteiger partial charge < -0.3 is 69.1 Å². The minimum atomic E-state index is -1.50. The number of esters is 2. The van der Waals surface area contributed by atoms with Crippen molar-refractivity contribution in [1.82, 2.24) is 30.2 Å². The number of phenols is 2. The van der Waals surface area contributed by atoms with Gasteiger partial charge in [0.05, 0.1) is 50.5 Å². The van der Waals surface area contributed by atoms with Gasteiger partial charge in [0.2, 0.25) is 25.4 Å². The van der Waals surface area contributed by atoms with E-state index in [4.69, 9.17) is 53.2 Å². The number of rotatable bonds is 14. The van der Waals surface area contributed by atoms with Crippen molar-refractivity contribution in [2.45, 2.75) is 154 Å². The minimum absolute atomic E-state index is 0. The molecule has 100 heavy (non-hydrogen) atoms. The number of phenolic OH excluding ortho intramolecular Hbond substituents is 2. The number of piperazine rings is 2. The van der Waals surface area contributed by atoms with Crippen LogP contribution in [0.5, 0.6) is 57.5 Å². The Bertz CT molecular complexity index is 4230. The van der Waals surface area contributed by atoms with Crippen molar-refractivity contribution in [2.24, 2.45) is 0 Å². The van der Waals surface area contributed by atoms with E-state index in [-0.39, 0.29) is 109 Å². The fraction of sp³-hybridized carbons (Fsp3) is 0.438. The molecule has 2 fully saturated rings. The van der Waals surface area contributed by atoms with Crippen LogP contribution in [0, 0.1) is 49.1 Å². The number of carbonyl (C=O) groups is 4. The van der Waals surface area contributed by atoms with Gasteiger partial charge in [-0.3, -0.25) is 38.8 Å². The summed E-state index contributed by atoms with van der Waals surface area (Å²) in [6, 6.07) is 22.9. The first-order valence-corrected chi connectivity index (χ1v) is 33.0. The van der Waals surface area contributed by atoms with Gasteiger partial charge in [-0.25, -0.2) is 0 Å². The predicted molar refractivity (Wildman–Crippen MR) is 356 cm³/mol. The van der Waals surface area contributed by atoms with Gasteiger partial charge in [0.15, 0.2) is 46.0 Å². The summed E-state index contributed by atoms with van der Waals surface area (Å²) < 4.78 is 47.1. The second-order valence-corrected chi connectivity index (χ2v) is 26.3. The monoisotopic (exact) mass is 1470 g/mol. The van der Waals surface area contributed by atoms with Gasteiger partial charge in [-0.1, -0.05) is 72.8 Å². The molecule has 2 amide bonds. The molecule has 27 heteroatoms. The molecule has 4 bridgehead atoms. The number of fused-ring (bicyclic) bond motifs is 18. The number of aliphatic hydroxyl groups is 1. The number of aliphatic hydroxyl groups excluding tert-OH is 1. The molecule has 0 aromatic heterocycles. The van der Waals surface area contributed by atoms with E-state index in [1.165, 1.54) is 13.8 Å². The third kappa shape index (κ3) is 13.1. The molecule has 6 N–H and O–H groups in total. The van der Waals surface area contributed by atoms with Crippen LogP contribution >= 0.6 is 0 Å². The molecule has 0 spiro atoms. The summed E-state index contributed by atoms with van der Waals surface area (Å²) in [7, 11) is 7.07. The molecule has 0 aliphatic carbocycles. The number of nitrogens with zero attached hydrogens (tertiary/aromatic N) is 6. The van der Waals surface area contributed by atoms with Crippen molar-refractivity contribution in [3.8, 4) is 63.6 Å². The zero-order chi connectivity index (χ0) is 70.6. The number of aromatic hydroxyl groups is 2. The Morgan fingerprint density at radius 3 is 1.41 bits per heavy atom. The maximum Gasteiger partial charge on any atom is 0.308 e. The molecule has 14 rings (SSSR count). The number of nitriles is 1. The molecule has 26 nitrogen and oxygen atoms in total. The Morgan fingerprint density at radius 2 is 1.00 bits per heavy atom. The van der Waals surface area contributed by atoms with Crippen molar-refractivity contribution in [1.29, 1.82) is 5.26 Å². The van der Waals surface area contributed by atoms with E-state index in [2.05, 4.69) is 42.4 Å². The van der Waals surface area contributed by atoms with Gasteiger partial charge in [0, 0.05) is 125 Å². The van der Waals surface area contributed by atoms with Crippen LogP contribution in [0.3, 0.4) is 0 Å². The van der Waals surface area contributed by atoms with Crippen LogP contribution in [0.15, 0.2) is 72.8 Å². The number of benzene rings is 6. The second kappa shape index (κ2) is 29.6. The molecule has 6 aromatic carbocycles. The van der Waals surface area contributed by atoms with Crippen LogP contribution in [0.25, 0.3) is 0 Å². The SMILES string of the molecule is COc1c(C)cc2c(c1O)[C@@H]1C3Cc4c(OC(C)=O)c(C)c5c(c4[C@H](CNC(=O)CCc4ccccc4)N3[C@@H](C#N)[C@H](C2)N1C)OCO5.COc1c(C)cc2c(c1O)[C@@H]1C3Cc4c(OC(C)=O)c(C)c5c(c4[C@H](CNC(=O)CCc4ccccc4)N3[C@@H](O)[C@H](C2)N1C)OCO5.O=[N+]([O-])O.[Ag]. The normalized spacial score (nSPS) is 23.0. The van der Waals surface area contributed by atoms with Crippen LogP contribution < -0.4 is 48.5 Å². The zero-order valence-corrected chi connectivity index (χ0v) is 58.7. The number of carbonyl (C=O) groups excluding carboxylic acids is 4. The van der Waals surface area contributed by atoms with E-state index in [1.807, 2.05) is 109 Å². The maximum absolute atomic E-state index is 13.4. The molecule has 6 aromatic rings. The van der Waals surface area contributed by atoms with Crippen LogP contribution in [-0.4, -0.2) is 160 Å². The van der Waals surface area contributed by atoms with Crippen LogP contribution in [0.2, 0.25) is 0 Å². The van der Waals surface area contributed by atoms with Gasteiger partial charge in [-0.05, 0) is 114 Å². The average molecular weight is 1470 g/mol. The Labute approximate surface area is 594 Å². The van der Waals surface area contributed by atoms with E-state index >= 15 is 0 Å². The topological polar surface area (TPSA) is 327 Å². The Morgan fingerprint density at radius 1 is 0.610 bits per heavy atom. The molecule has 8 heterocycles. The Hall–Kier alpha value is -9.17. The molecule has 8 aliphatic heterocycles. The standard InChI is InChI=1S/C37H40N4O7.C36H41N3O8.Ag.HNO3/c1-19-13-23-14-25-27(16-38)41-26(32(40(25)4)30(23)33(44)34(19)45-5)15-24-31(37-36(46-18-47-37)20(2)35(24)48-21(3)42)28(41)17-39-29(43)12-11-22-9-7-6-8-10-22;1-18-13-22-14-25-36(43)39-24(30(38(25)4)28(22)31(42)32(18)44-5)15-23-29(35-34(45-17-46-35)19(2)33(23)47-20(3)40)26(39)16-37-27(41)12-11-21-9-7-6-8-10-21;;2-1(3)4/h6-10,13,25-28,32,44H,11-12,14-15,17-18H2,1-5H3,(H,39,43);6-10,13,24-26,30,36,42-43H,11-12,14-17H2,1-5H3,(H,37,41);;(H,2,3,4)/t25-,26?,27-,28-,32-;24?,25-,26-,30-,36-;;/m00../s1. The summed E-state index contributed by atoms with van der Waals surface area (Å²) >= 11 is 0. The average Bonchev–Trinajstić information content (AvgIpc) is 0.848. The fourth-order valence-electron chi connectivity index (χ4n) is 16.8. The quantitative estimate of drug-likeness (QED) is 0.0202. The molecular formula is C73H82AgN8O18. The molecule has 533 valence electrons. The summed E-state index contributed by atoms with van der Waals surface area (Å²) in [5.74, 6) is 2.73. The van der Waals surface area contributed by atoms with Gasteiger partial charge in [-0.2, -0.15) is 5.26 Å². The number of nitrogens with one attached hydrogen (secondary N) is 2. The summed E-state index contributed by atoms with van der Waals surface area (Å²) in [5, 5.41) is 66.3. The van der Waals surface area contributed by atoms with Crippen molar-refractivity contribution < 1.29 is 105 Å². The second-order valence-electron chi connectivity index (χ2n) is 26.3. The van der Waals surface area contributed by atoms with Crippen molar-refractivity contribution >= 4 is 23.8 Å². The van der Waals surface area contributed by atoms with Gasteiger partial charge in [0.25, 0.3) is 5.09 Å². The van der Waals surface area contributed by atoms with E-state index in [9.17, 15) is 39.8 Å². The minimum Gasteiger partial charge on any atom is -0.504 e. The molecule has 10 atom stereocenters. The first kappa shape index (κ1) is 72.1. The molecule has 0 saturated carbocycles. The van der Waals surface area contributed by atoms with E-state index in [1.54, 1.807) is 14.2 Å². The van der Waals surface area contributed by atoms with Gasteiger partial charge in [0.1, 0.15) is 23.8 Å². The third-order valence-electron chi connectivity index (χ3n) is 20.8. The van der Waals surface area contributed by atoms with Crippen molar-refractivity contribution in [2.75, 3.05) is 55.0 Å². The summed E-state index contributed by atoms with van der Waals surface area (Å²) in [5.41, 5.74) is 11.6. The van der Waals surface area contributed by atoms with E-state index in [0.29, 0.717) is 108 Å². The van der Waals surface area contributed by atoms with Crippen LogP contribution in [0.1, 0.15) is 129 Å². The fourth-order valence-corrected chi connectivity index (χ4v) is 16.8. The van der Waals surface area contributed by atoms with E-state index in [0.717, 1.165) is 66.8 Å². The Kier molecular flexibility index (Phi) is 21.3. The van der Waals surface area contributed by atoms with Gasteiger partial charge in [-0.15, -0.1) is 10.1 Å². The first-order chi connectivity index (χ1) is 47.5. The number of aryl methyl sites for hydroxylation is 4. The summed E-state index contributed by atoms with van der Waals surface area (Å²) in [6.07, 6.45) is 2.70. The van der Waals surface area contributed by atoms with Crippen LogP contribution in [0.4, 0.5) is 0 Å². The molecule has 2 unspecified atom stereocenters. The van der Waals surface area contributed by atoms with E-state index < -0.39 is 41.4 Å². The number of hydrogen-bond donors (Lipinski definition) is 6. The number of methoxy groups -OCH3 is 2. The summed E-state index contributed by atoms with van der Waals surface area (Å²) in [6.45, 7) is 10.6. The van der Waals surface area contributed by atoms with Crippen molar-refractivity contribution in [3.05, 3.63) is 161 Å². The predicted octanol–water partition coefficient (Wildman–Crippen LogP) is 7.46. The zero-order valence-electron chi connectivity index (χ0n) is 57.2. The molecule has 2 saturated heterocycles. The van der Waals surface area contributed by atoms with Gasteiger partial charge >= 0.3 is 11.9 Å². The van der Waals surface area contributed by atoms with Crippen LogP contribution in [-0.2, 0) is 80.1 Å². The first-order valence-electron chi connectivity index (χ1n) is 33.0.